The zero-order valence-corrected chi connectivity index (χ0v) is 13.0. The van der Waals surface area contributed by atoms with Crippen LogP contribution in [0.4, 0.5) is 4.79 Å². The molecule has 0 bridgehead atoms. The first kappa shape index (κ1) is 15.0. The normalized spacial score (nSPS) is 28.6. The third kappa shape index (κ3) is 4.28. The maximum Gasteiger partial charge on any atom is 0.317 e. The van der Waals surface area contributed by atoms with Crippen molar-refractivity contribution in [2.24, 2.45) is 0 Å². The third-order valence-corrected chi connectivity index (χ3v) is 5.45. The molecule has 0 radical (unpaired) electrons. The SMILES string of the molecule is CCSC1CCC(NC(=O)N2CCN(CC)CC2)C1. The van der Waals surface area contributed by atoms with Gasteiger partial charge >= 0.3 is 6.03 Å². The average Bonchev–Trinajstić information content (AvgIpc) is 2.86. The lowest BCUT2D eigenvalue weighted by Crippen LogP contribution is -2.53. The molecular formula is C14H27N3OS. The number of amides is 2. The summed E-state index contributed by atoms with van der Waals surface area (Å²) in [6.07, 6.45) is 3.56. The van der Waals surface area contributed by atoms with E-state index in [1.807, 2.05) is 16.7 Å². The molecule has 0 aromatic heterocycles. The van der Waals surface area contributed by atoms with Crippen LogP contribution in [0.1, 0.15) is 33.1 Å². The molecule has 2 atom stereocenters. The molecule has 2 amide bonds. The summed E-state index contributed by atoms with van der Waals surface area (Å²) in [7, 11) is 0. The third-order valence-electron chi connectivity index (χ3n) is 4.22. The molecule has 2 aliphatic rings. The first-order chi connectivity index (χ1) is 9.22. The fourth-order valence-electron chi connectivity index (χ4n) is 2.99. The number of rotatable bonds is 4. The number of hydrogen-bond donors (Lipinski definition) is 1. The standard InChI is InChI=1S/C14H27N3OS/c1-3-16-7-9-17(10-8-16)14(18)15-12-5-6-13(11-12)19-4-2/h12-13H,3-11H2,1-2H3,(H,15,18). The quantitative estimate of drug-likeness (QED) is 0.858. The van der Waals surface area contributed by atoms with Crippen molar-refractivity contribution in [1.29, 1.82) is 0 Å². The Morgan fingerprint density at radius 2 is 1.95 bits per heavy atom. The van der Waals surface area contributed by atoms with Crippen molar-refractivity contribution < 1.29 is 4.79 Å². The number of carbonyl (C=O) groups is 1. The molecule has 1 aliphatic heterocycles. The van der Waals surface area contributed by atoms with E-state index in [0.29, 0.717) is 6.04 Å². The van der Waals surface area contributed by atoms with Gasteiger partial charge in [-0.3, -0.25) is 0 Å². The largest absolute Gasteiger partial charge is 0.335 e. The van der Waals surface area contributed by atoms with Gasteiger partial charge in [-0.05, 0) is 31.6 Å². The van der Waals surface area contributed by atoms with Crippen LogP contribution < -0.4 is 5.32 Å². The predicted molar refractivity (Wildman–Crippen MR) is 81.8 cm³/mol. The number of piperazine rings is 1. The van der Waals surface area contributed by atoms with Gasteiger partial charge in [0.2, 0.25) is 0 Å². The van der Waals surface area contributed by atoms with Crippen LogP contribution in [0.2, 0.25) is 0 Å². The zero-order valence-electron chi connectivity index (χ0n) is 12.2. The first-order valence-electron chi connectivity index (χ1n) is 7.62. The lowest BCUT2D eigenvalue weighted by molar-refractivity contribution is 0.141. The lowest BCUT2D eigenvalue weighted by atomic mass is 10.2. The Hall–Kier alpha value is -0.420. The number of nitrogens with one attached hydrogen (secondary N) is 1. The Morgan fingerprint density at radius 1 is 1.21 bits per heavy atom. The summed E-state index contributed by atoms with van der Waals surface area (Å²) in [4.78, 5) is 16.6. The molecule has 110 valence electrons. The van der Waals surface area contributed by atoms with Gasteiger partial charge in [0, 0.05) is 37.5 Å². The van der Waals surface area contributed by atoms with Gasteiger partial charge in [0.15, 0.2) is 0 Å². The highest BCUT2D eigenvalue weighted by molar-refractivity contribution is 7.99. The Balaban J connectivity index is 1.70. The van der Waals surface area contributed by atoms with Crippen LogP contribution in [0.3, 0.4) is 0 Å². The van der Waals surface area contributed by atoms with Gasteiger partial charge in [-0.2, -0.15) is 11.8 Å². The van der Waals surface area contributed by atoms with E-state index in [4.69, 9.17) is 0 Å². The van der Waals surface area contributed by atoms with E-state index >= 15 is 0 Å². The van der Waals surface area contributed by atoms with Crippen molar-refractivity contribution in [3.8, 4) is 0 Å². The molecule has 5 heteroatoms. The minimum absolute atomic E-state index is 0.155. The summed E-state index contributed by atoms with van der Waals surface area (Å²) in [6, 6.07) is 0.559. The number of thioether (sulfide) groups is 1. The topological polar surface area (TPSA) is 35.6 Å². The molecule has 1 heterocycles. The van der Waals surface area contributed by atoms with Crippen LogP contribution in [-0.4, -0.2) is 65.6 Å². The molecule has 1 saturated heterocycles. The van der Waals surface area contributed by atoms with Gasteiger partial charge in [-0.25, -0.2) is 4.79 Å². The maximum absolute atomic E-state index is 12.2. The summed E-state index contributed by atoms with van der Waals surface area (Å²) >= 11 is 2.04. The number of nitrogens with zero attached hydrogens (tertiary/aromatic N) is 2. The molecule has 2 rings (SSSR count). The van der Waals surface area contributed by atoms with Crippen molar-refractivity contribution >= 4 is 17.8 Å². The molecule has 1 aliphatic carbocycles. The molecule has 19 heavy (non-hydrogen) atoms. The van der Waals surface area contributed by atoms with E-state index in [9.17, 15) is 4.79 Å². The van der Waals surface area contributed by atoms with E-state index in [1.54, 1.807) is 0 Å². The molecule has 0 spiro atoms. The molecular weight excluding hydrogens is 258 g/mol. The van der Waals surface area contributed by atoms with Crippen molar-refractivity contribution in [3.05, 3.63) is 0 Å². The molecule has 1 saturated carbocycles. The van der Waals surface area contributed by atoms with E-state index in [0.717, 1.165) is 50.8 Å². The van der Waals surface area contributed by atoms with Gasteiger partial charge in [0.1, 0.15) is 0 Å². The van der Waals surface area contributed by atoms with E-state index in [-0.39, 0.29) is 6.03 Å². The Bertz CT molecular complexity index is 292. The predicted octanol–water partition coefficient (Wildman–Crippen LogP) is 2.01. The molecule has 1 N–H and O–H groups in total. The van der Waals surface area contributed by atoms with Crippen LogP contribution in [0, 0.1) is 0 Å². The number of likely N-dealkylation sites (N-methyl/N-ethyl adjacent to an activating group) is 1. The highest BCUT2D eigenvalue weighted by Crippen LogP contribution is 2.29. The number of carbonyl (C=O) groups excluding carboxylic acids is 1. The van der Waals surface area contributed by atoms with E-state index in [1.165, 1.54) is 12.2 Å². The van der Waals surface area contributed by atoms with Crippen molar-refractivity contribution in [3.63, 3.8) is 0 Å². The zero-order chi connectivity index (χ0) is 13.7. The van der Waals surface area contributed by atoms with Crippen LogP contribution in [0.15, 0.2) is 0 Å². The van der Waals surface area contributed by atoms with E-state index < -0.39 is 0 Å². The van der Waals surface area contributed by atoms with Crippen molar-refractivity contribution in [2.75, 3.05) is 38.5 Å². The van der Waals surface area contributed by atoms with Crippen LogP contribution >= 0.6 is 11.8 Å². The monoisotopic (exact) mass is 285 g/mol. The van der Waals surface area contributed by atoms with Gasteiger partial charge in [0.05, 0.1) is 0 Å². The molecule has 4 nitrogen and oxygen atoms in total. The molecule has 2 unspecified atom stereocenters. The number of hydrogen-bond acceptors (Lipinski definition) is 3. The molecule has 0 aromatic carbocycles. The van der Waals surface area contributed by atoms with Gasteiger partial charge in [-0.15, -0.1) is 0 Å². The fraction of sp³-hybridized carbons (Fsp3) is 0.929. The Morgan fingerprint density at radius 3 is 2.58 bits per heavy atom. The first-order valence-corrected chi connectivity index (χ1v) is 8.67. The molecule has 2 fully saturated rings. The summed E-state index contributed by atoms with van der Waals surface area (Å²) in [5.41, 5.74) is 0. The maximum atomic E-state index is 12.2. The minimum Gasteiger partial charge on any atom is -0.335 e. The van der Waals surface area contributed by atoms with Crippen molar-refractivity contribution in [2.45, 2.75) is 44.4 Å². The second kappa shape index (κ2) is 7.39. The van der Waals surface area contributed by atoms with Gasteiger partial charge in [-0.1, -0.05) is 13.8 Å². The van der Waals surface area contributed by atoms with Crippen LogP contribution in [0.5, 0.6) is 0 Å². The highest BCUT2D eigenvalue weighted by Gasteiger charge is 2.28. The minimum atomic E-state index is 0.155. The Kier molecular flexibility index (Phi) is 5.82. The van der Waals surface area contributed by atoms with E-state index in [2.05, 4.69) is 24.1 Å². The second-order valence-corrected chi connectivity index (χ2v) is 7.04. The van der Waals surface area contributed by atoms with Crippen LogP contribution in [0.25, 0.3) is 0 Å². The summed E-state index contributed by atoms with van der Waals surface area (Å²) in [5.74, 6) is 1.18. The summed E-state index contributed by atoms with van der Waals surface area (Å²) in [5, 5.41) is 3.98. The lowest BCUT2D eigenvalue weighted by Gasteiger charge is -2.34. The number of urea groups is 1. The smallest absolute Gasteiger partial charge is 0.317 e. The van der Waals surface area contributed by atoms with Gasteiger partial charge < -0.3 is 15.1 Å². The molecule has 0 aromatic rings. The highest BCUT2D eigenvalue weighted by atomic mass is 32.2. The fourth-order valence-corrected chi connectivity index (χ4v) is 4.13. The average molecular weight is 285 g/mol. The second-order valence-electron chi connectivity index (χ2n) is 5.46. The Labute approximate surface area is 121 Å². The summed E-state index contributed by atoms with van der Waals surface area (Å²) < 4.78 is 0. The van der Waals surface area contributed by atoms with Crippen LogP contribution in [-0.2, 0) is 0 Å². The van der Waals surface area contributed by atoms with Crippen molar-refractivity contribution in [1.82, 2.24) is 15.1 Å². The van der Waals surface area contributed by atoms with Gasteiger partial charge in [0.25, 0.3) is 0 Å². The summed E-state index contributed by atoms with van der Waals surface area (Å²) in [6.45, 7) is 9.27.